The van der Waals surface area contributed by atoms with E-state index in [1.54, 1.807) is 12.1 Å². The van der Waals surface area contributed by atoms with Crippen LogP contribution in [0, 0.1) is 6.92 Å². The number of para-hydroxylation sites is 1. The summed E-state index contributed by atoms with van der Waals surface area (Å²) in [6.45, 7) is 2.97. The number of anilines is 1. The highest BCUT2D eigenvalue weighted by Crippen LogP contribution is 2.24. The Morgan fingerprint density at radius 3 is 2.44 bits per heavy atom. The molecule has 0 bridgehead atoms. The van der Waals surface area contributed by atoms with Gasteiger partial charge in [-0.15, -0.1) is 0 Å². The second kappa shape index (κ2) is 10.0. The van der Waals surface area contributed by atoms with Crippen molar-refractivity contribution in [2.24, 2.45) is 0 Å². The van der Waals surface area contributed by atoms with Crippen LogP contribution in [0.1, 0.15) is 27.2 Å². The van der Waals surface area contributed by atoms with Crippen LogP contribution in [-0.2, 0) is 13.2 Å². The first kappa shape index (κ1) is 22.1. The molecule has 1 aromatic heterocycles. The number of ether oxygens (including phenoxy) is 1. The number of nitrogens with one attached hydrogen (secondary N) is 1. The van der Waals surface area contributed by atoms with Crippen molar-refractivity contribution in [3.05, 3.63) is 111 Å². The van der Waals surface area contributed by atoms with E-state index >= 15 is 0 Å². The van der Waals surface area contributed by atoms with E-state index in [4.69, 9.17) is 16.3 Å². The summed E-state index contributed by atoms with van der Waals surface area (Å²) in [6, 6.07) is 24.5. The highest BCUT2D eigenvalue weighted by atomic mass is 79.9. The van der Waals surface area contributed by atoms with E-state index in [1.807, 2.05) is 78.3 Å². The van der Waals surface area contributed by atoms with E-state index in [9.17, 15) is 4.79 Å². The molecule has 0 saturated carbocycles. The van der Waals surface area contributed by atoms with E-state index in [0.29, 0.717) is 29.6 Å². The third-order valence-corrected chi connectivity index (χ3v) is 5.82. The molecule has 0 saturated heterocycles. The van der Waals surface area contributed by atoms with Crippen LogP contribution < -0.4 is 10.1 Å². The summed E-state index contributed by atoms with van der Waals surface area (Å²) < 4.78 is 8.58. The molecule has 0 unspecified atom stereocenters. The lowest BCUT2D eigenvalue weighted by molar-refractivity contribution is 0.102. The SMILES string of the molecule is Cc1cc(NC(=O)c2ccc(COc3ccccc3Br)cc2)nn1Cc1ccc(Cl)cc1. The first-order chi connectivity index (χ1) is 15.5. The maximum absolute atomic E-state index is 12.7. The number of hydrogen-bond donors (Lipinski definition) is 1. The molecule has 0 aliphatic carbocycles. The van der Waals surface area contributed by atoms with E-state index in [0.717, 1.165) is 27.0 Å². The molecule has 0 aliphatic rings. The Kier molecular flexibility index (Phi) is 6.93. The molecule has 32 heavy (non-hydrogen) atoms. The third kappa shape index (κ3) is 5.58. The number of halogens is 2. The number of nitrogens with zero attached hydrogens (tertiary/aromatic N) is 2. The molecule has 0 fully saturated rings. The van der Waals surface area contributed by atoms with Gasteiger partial charge in [0, 0.05) is 22.3 Å². The van der Waals surface area contributed by atoms with E-state index in [1.165, 1.54) is 0 Å². The molecule has 0 radical (unpaired) electrons. The fraction of sp³-hybridized carbons (Fsp3) is 0.120. The van der Waals surface area contributed by atoms with Gasteiger partial charge < -0.3 is 10.1 Å². The van der Waals surface area contributed by atoms with Gasteiger partial charge in [0.05, 0.1) is 11.0 Å². The van der Waals surface area contributed by atoms with Gasteiger partial charge in [-0.1, -0.05) is 48.0 Å². The van der Waals surface area contributed by atoms with Crippen molar-refractivity contribution in [3.63, 3.8) is 0 Å². The average Bonchev–Trinajstić information content (AvgIpc) is 3.13. The average molecular weight is 511 g/mol. The van der Waals surface area contributed by atoms with Crippen LogP contribution in [0.3, 0.4) is 0 Å². The highest BCUT2D eigenvalue weighted by molar-refractivity contribution is 9.10. The number of aryl methyl sites for hydroxylation is 1. The van der Waals surface area contributed by atoms with Gasteiger partial charge in [0.2, 0.25) is 0 Å². The largest absolute Gasteiger partial charge is 0.488 e. The molecule has 0 atom stereocenters. The quantitative estimate of drug-likeness (QED) is 0.309. The first-order valence-corrected chi connectivity index (χ1v) is 11.2. The van der Waals surface area contributed by atoms with Gasteiger partial charge in [-0.3, -0.25) is 9.48 Å². The number of carbonyl (C=O) groups is 1. The van der Waals surface area contributed by atoms with Crippen LogP contribution in [-0.4, -0.2) is 15.7 Å². The van der Waals surface area contributed by atoms with Gasteiger partial charge in [-0.05, 0) is 70.4 Å². The van der Waals surface area contributed by atoms with Crippen LogP contribution in [0.25, 0.3) is 0 Å². The highest BCUT2D eigenvalue weighted by Gasteiger charge is 2.11. The molecule has 0 aliphatic heterocycles. The van der Waals surface area contributed by atoms with Crippen LogP contribution in [0.5, 0.6) is 5.75 Å². The van der Waals surface area contributed by atoms with E-state index < -0.39 is 0 Å². The van der Waals surface area contributed by atoms with E-state index in [-0.39, 0.29) is 5.91 Å². The van der Waals surface area contributed by atoms with Gasteiger partial charge >= 0.3 is 0 Å². The molecule has 162 valence electrons. The number of carbonyl (C=O) groups excluding carboxylic acids is 1. The van der Waals surface area contributed by atoms with Crippen LogP contribution in [0.2, 0.25) is 5.02 Å². The fourth-order valence-corrected chi connectivity index (χ4v) is 3.68. The molecule has 1 N–H and O–H groups in total. The molecule has 4 rings (SSSR count). The monoisotopic (exact) mass is 509 g/mol. The standard InChI is InChI=1S/C25H21BrClN3O2/c1-17-14-24(29-30(17)15-18-8-12-21(27)13-9-18)28-25(31)20-10-6-19(7-11-20)16-32-23-5-3-2-4-22(23)26/h2-14H,15-16H2,1H3,(H,28,29,31). The second-order valence-corrected chi connectivity index (χ2v) is 8.62. The summed E-state index contributed by atoms with van der Waals surface area (Å²) in [5, 5.41) is 8.08. The van der Waals surface area contributed by atoms with Gasteiger partial charge in [-0.2, -0.15) is 5.10 Å². The lowest BCUT2D eigenvalue weighted by atomic mass is 10.1. The molecule has 1 amide bonds. The summed E-state index contributed by atoms with van der Waals surface area (Å²) in [7, 11) is 0. The lowest BCUT2D eigenvalue weighted by Crippen LogP contribution is -2.13. The van der Waals surface area contributed by atoms with E-state index in [2.05, 4.69) is 26.3 Å². The summed E-state index contributed by atoms with van der Waals surface area (Å²) >= 11 is 9.42. The second-order valence-electron chi connectivity index (χ2n) is 7.33. The van der Waals surface area contributed by atoms with Crippen molar-refractivity contribution in [1.29, 1.82) is 0 Å². The molecule has 0 spiro atoms. The fourth-order valence-electron chi connectivity index (χ4n) is 3.16. The summed E-state index contributed by atoms with van der Waals surface area (Å²) in [5.74, 6) is 1.08. The maximum Gasteiger partial charge on any atom is 0.256 e. The molecular weight excluding hydrogens is 490 g/mol. The van der Waals surface area contributed by atoms with Crippen molar-refractivity contribution in [1.82, 2.24) is 9.78 Å². The maximum atomic E-state index is 12.7. The summed E-state index contributed by atoms with van der Waals surface area (Å²) in [6.07, 6.45) is 0. The minimum Gasteiger partial charge on any atom is -0.488 e. The van der Waals surface area contributed by atoms with Crippen LogP contribution in [0.4, 0.5) is 5.82 Å². The Morgan fingerprint density at radius 1 is 1.03 bits per heavy atom. The van der Waals surface area contributed by atoms with Crippen molar-refractivity contribution < 1.29 is 9.53 Å². The van der Waals surface area contributed by atoms with Crippen LogP contribution >= 0.6 is 27.5 Å². The topological polar surface area (TPSA) is 56.1 Å². The molecule has 5 nitrogen and oxygen atoms in total. The predicted molar refractivity (Wildman–Crippen MR) is 130 cm³/mol. The number of hydrogen-bond acceptors (Lipinski definition) is 3. The van der Waals surface area contributed by atoms with Gasteiger partial charge in [-0.25, -0.2) is 0 Å². The van der Waals surface area contributed by atoms with Crippen molar-refractivity contribution in [3.8, 4) is 5.75 Å². The zero-order chi connectivity index (χ0) is 22.5. The number of rotatable bonds is 7. The minimum absolute atomic E-state index is 0.209. The van der Waals surface area contributed by atoms with Gasteiger partial charge in [0.15, 0.2) is 5.82 Å². The number of amides is 1. The van der Waals surface area contributed by atoms with Crippen molar-refractivity contribution in [2.45, 2.75) is 20.1 Å². The third-order valence-electron chi connectivity index (χ3n) is 4.92. The number of benzene rings is 3. The minimum atomic E-state index is -0.209. The van der Waals surface area contributed by atoms with Gasteiger partial charge in [0.1, 0.15) is 12.4 Å². The van der Waals surface area contributed by atoms with Crippen molar-refractivity contribution in [2.75, 3.05) is 5.32 Å². The first-order valence-electron chi connectivity index (χ1n) is 10.0. The number of aromatic nitrogens is 2. The Bertz CT molecular complexity index is 1220. The Balaban J connectivity index is 1.36. The zero-order valence-electron chi connectivity index (χ0n) is 17.4. The van der Waals surface area contributed by atoms with Gasteiger partial charge in [0.25, 0.3) is 5.91 Å². The Morgan fingerprint density at radius 2 is 1.72 bits per heavy atom. The summed E-state index contributed by atoms with van der Waals surface area (Å²) in [4.78, 5) is 12.7. The Hall–Kier alpha value is -3.09. The molecular formula is C25H21BrClN3O2. The smallest absolute Gasteiger partial charge is 0.256 e. The molecule has 3 aromatic carbocycles. The lowest BCUT2D eigenvalue weighted by Gasteiger charge is -2.08. The summed E-state index contributed by atoms with van der Waals surface area (Å²) in [5.41, 5.74) is 3.56. The molecule has 7 heteroatoms. The van der Waals surface area contributed by atoms with Crippen LogP contribution in [0.15, 0.2) is 83.3 Å². The predicted octanol–water partition coefficient (Wildman–Crippen LogP) is 6.49. The molecule has 1 heterocycles. The normalized spacial score (nSPS) is 10.7. The zero-order valence-corrected chi connectivity index (χ0v) is 19.7. The Labute approximate surface area is 200 Å². The van der Waals surface area contributed by atoms with Crippen molar-refractivity contribution >= 4 is 39.3 Å². The molecule has 4 aromatic rings.